The van der Waals surface area contributed by atoms with E-state index in [0.29, 0.717) is 18.0 Å². The number of thiophene rings is 1. The van der Waals surface area contributed by atoms with Crippen molar-refractivity contribution in [1.29, 1.82) is 0 Å². The number of ether oxygens (including phenoxy) is 2. The van der Waals surface area contributed by atoms with Crippen LogP contribution in [0.1, 0.15) is 33.6 Å². The molecule has 0 unspecified atom stereocenters. The third-order valence-corrected chi connectivity index (χ3v) is 6.28. The maximum absolute atomic E-state index is 12.9. The molecule has 0 bridgehead atoms. The predicted molar refractivity (Wildman–Crippen MR) is 114 cm³/mol. The highest BCUT2D eigenvalue weighted by Gasteiger charge is 2.21. The summed E-state index contributed by atoms with van der Waals surface area (Å²) in [5.74, 6) is 1.39. The van der Waals surface area contributed by atoms with Crippen molar-refractivity contribution in [1.82, 2.24) is 15.3 Å². The second kappa shape index (κ2) is 8.75. The summed E-state index contributed by atoms with van der Waals surface area (Å²) in [5, 5.41) is 7.27. The van der Waals surface area contributed by atoms with Gasteiger partial charge in [0.15, 0.2) is 0 Å². The molecule has 4 rings (SSSR count). The first-order valence-corrected chi connectivity index (χ1v) is 10.5. The first-order valence-electron chi connectivity index (χ1n) is 9.67. The number of carbonyl (C=O) groups excluding carboxylic acids is 1. The Balaban J connectivity index is 1.52. The van der Waals surface area contributed by atoms with Crippen molar-refractivity contribution in [3.8, 4) is 5.75 Å². The van der Waals surface area contributed by atoms with Crippen molar-refractivity contribution in [3.63, 3.8) is 0 Å². The molecule has 7 nitrogen and oxygen atoms in total. The van der Waals surface area contributed by atoms with E-state index in [2.05, 4.69) is 20.6 Å². The van der Waals surface area contributed by atoms with Crippen LogP contribution in [0.25, 0.3) is 10.2 Å². The Morgan fingerprint density at radius 1 is 1.34 bits per heavy atom. The second-order valence-electron chi connectivity index (χ2n) is 6.97. The number of amides is 1. The lowest BCUT2D eigenvalue weighted by Gasteiger charge is -2.12. The molecule has 0 aliphatic carbocycles. The van der Waals surface area contributed by atoms with Crippen LogP contribution in [0, 0.1) is 6.92 Å². The van der Waals surface area contributed by atoms with Crippen LogP contribution in [0.4, 0.5) is 5.82 Å². The van der Waals surface area contributed by atoms with Gasteiger partial charge in [0.25, 0.3) is 5.91 Å². The second-order valence-corrected chi connectivity index (χ2v) is 7.97. The number of carbonyl (C=O) groups is 1. The molecular formula is C21H24N4O3S. The number of aromatic nitrogens is 2. The molecule has 8 heteroatoms. The molecule has 1 aliphatic rings. The van der Waals surface area contributed by atoms with E-state index in [-0.39, 0.29) is 12.0 Å². The fourth-order valence-electron chi connectivity index (χ4n) is 3.54. The number of nitrogens with zero attached hydrogens (tertiary/aromatic N) is 2. The molecule has 0 radical (unpaired) electrons. The van der Waals surface area contributed by atoms with E-state index >= 15 is 0 Å². The largest absolute Gasteiger partial charge is 0.496 e. The molecule has 0 spiro atoms. The van der Waals surface area contributed by atoms with E-state index in [1.807, 2.05) is 31.2 Å². The molecule has 29 heavy (non-hydrogen) atoms. The summed E-state index contributed by atoms with van der Waals surface area (Å²) in [6.45, 7) is 3.86. The Hall–Kier alpha value is -2.71. The zero-order valence-corrected chi connectivity index (χ0v) is 17.3. The minimum Gasteiger partial charge on any atom is -0.496 e. The van der Waals surface area contributed by atoms with Gasteiger partial charge < -0.3 is 20.1 Å². The number of hydrogen-bond donors (Lipinski definition) is 2. The standard InChI is InChI=1S/C21H24N4O3S/c1-13-17-19(22-11-15-7-5-9-28-15)24-12-25-21(17)29-18(13)20(26)23-10-14-6-3-4-8-16(14)27-2/h3-4,6,8,12,15H,5,7,9-11H2,1-2H3,(H,23,26)(H,22,24,25)/t15-/m1/s1. The molecule has 3 heterocycles. The Morgan fingerprint density at radius 3 is 3.00 bits per heavy atom. The molecule has 3 aromatic rings. The van der Waals surface area contributed by atoms with Crippen LogP contribution in [0.15, 0.2) is 30.6 Å². The Labute approximate surface area is 173 Å². The third-order valence-electron chi connectivity index (χ3n) is 5.09. The Bertz CT molecular complexity index is 1010. The van der Waals surface area contributed by atoms with E-state index in [1.54, 1.807) is 7.11 Å². The minimum absolute atomic E-state index is 0.124. The quantitative estimate of drug-likeness (QED) is 0.618. The van der Waals surface area contributed by atoms with Gasteiger partial charge >= 0.3 is 0 Å². The SMILES string of the molecule is COc1ccccc1CNC(=O)c1sc2ncnc(NC[C@H]3CCCO3)c2c1C. The van der Waals surface area contributed by atoms with Crippen LogP contribution in [-0.2, 0) is 11.3 Å². The van der Waals surface area contributed by atoms with Gasteiger partial charge in [0.05, 0.1) is 23.5 Å². The Kier molecular flexibility index (Phi) is 5.92. The number of anilines is 1. The van der Waals surface area contributed by atoms with Crippen molar-refractivity contribution < 1.29 is 14.3 Å². The molecule has 2 N–H and O–H groups in total. The highest BCUT2D eigenvalue weighted by atomic mass is 32.1. The van der Waals surface area contributed by atoms with Gasteiger partial charge in [-0.15, -0.1) is 11.3 Å². The zero-order valence-electron chi connectivity index (χ0n) is 16.5. The molecule has 1 atom stereocenters. The normalized spacial score (nSPS) is 16.1. The van der Waals surface area contributed by atoms with E-state index in [4.69, 9.17) is 9.47 Å². The van der Waals surface area contributed by atoms with Gasteiger partial charge in [0.1, 0.15) is 22.7 Å². The molecule has 1 amide bonds. The molecule has 152 valence electrons. The topological polar surface area (TPSA) is 85.4 Å². The summed E-state index contributed by atoms with van der Waals surface area (Å²) in [6.07, 6.45) is 3.90. The molecule has 1 saturated heterocycles. The van der Waals surface area contributed by atoms with Gasteiger partial charge in [0, 0.05) is 25.3 Å². The van der Waals surface area contributed by atoms with E-state index < -0.39 is 0 Å². The van der Waals surface area contributed by atoms with Crippen LogP contribution >= 0.6 is 11.3 Å². The minimum atomic E-state index is -0.124. The zero-order chi connectivity index (χ0) is 20.2. The number of aryl methyl sites for hydroxylation is 1. The summed E-state index contributed by atoms with van der Waals surface area (Å²) in [5.41, 5.74) is 1.82. The van der Waals surface area contributed by atoms with Crippen molar-refractivity contribution >= 4 is 33.3 Å². The molecule has 0 saturated carbocycles. The Morgan fingerprint density at radius 2 is 2.21 bits per heavy atom. The van der Waals surface area contributed by atoms with Gasteiger partial charge in [-0.3, -0.25) is 4.79 Å². The molecule has 2 aromatic heterocycles. The number of benzene rings is 1. The monoisotopic (exact) mass is 412 g/mol. The first-order chi connectivity index (χ1) is 14.2. The van der Waals surface area contributed by atoms with Crippen molar-refractivity contribution in [2.24, 2.45) is 0 Å². The van der Waals surface area contributed by atoms with E-state index in [1.165, 1.54) is 17.7 Å². The number of nitrogens with one attached hydrogen (secondary N) is 2. The van der Waals surface area contributed by atoms with E-state index in [9.17, 15) is 4.79 Å². The number of fused-ring (bicyclic) bond motifs is 1. The molecule has 1 aliphatic heterocycles. The molecule has 1 fully saturated rings. The number of hydrogen-bond acceptors (Lipinski definition) is 7. The lowest BCUT2D eigenvalue weighted by molar-refractivity contribution is 0.0954. The fourth-order valence-corrected chi connectivity index (χ4v) is 4.61. The lowest BCUT2D eigenvalue weighted by atomic mass is 10.1. The maximum atomic E-state index is 12.9. The third kappa shape index (κ3) is 4.18. The lowest BCUT2D eigenvalue weighted by Crippen LogP contribution is -2.22. The number of para-hydroxylation sites is 1. The first kappa shape index (κ1) is 19.6. The summed E-state index contributed by atoms with van der Waals surface area (Å²) >= 11 is 1.38. The number of methoxy groups -OCH3 is 1. The average Bonchev–Trinajstić information content (AvgIpc) is 3.39. The van der Waals surface area contributed by atoms with Gasteiger partial charge in [-0.05, 0) is 31.4 Å². The van der Waals surface area contributed by atoms with Crippen molar-refractivity contribution in [3.05, 3.63) is 46.6 Å². The van der Waals surface area contributed by atoms with Crippen molar-refractivity contribution in [2.75, 3.05) is 25.6 Å². The summed E-state index contributed by atoms with van der Waals surface area (Å²) < 4.78 is 11.0. The van der Waals surface area contributed by atoms with Crippen molar-refractivity contribution in [2.45, 2.75) is 32.4 Å². The smallest absolute Gasteiger partial charge is 0.261 e. The number of rotatable bonds is 7. The summed E-state index contributed by atoms with van der Waals surface area (Å²) in [4.78, 5) is 23.1. The predicted octanol–water partition coefficient (Wildman–Crippen LogP) is 3.53. The summed E-state index contributed by atoms with van der Waals surface area (Å²) in [6, 6.07) is 7.66. The van der Waals surface area contributed by atoms with Crippen LogP contribution in [0.3, 0.4) is 0 Å². The van der Waals surface area contributed by atoms with Gasteiger partial charge in [-0.1, -0.05) is 18.2 Å². The highest BCUT2D eigenvalue weighted by molar-refractivity contribution is 7.20. The maximum Gasteiger partial charge on any atom is 0.261 e. The fraction of sp³-hybridized carbons (Fsp3) is 0.381. The van der Waals surface area contributed by atoms with E-state index in [0.717, 1.165) is 52.4 Å². The van der Waals surface area contributed by atoms with Gasteiger partial charge in [-0.25, -0.2) is 9.97 Å². The highest BCUT2D eigenvalue weighted by Crippen LogP contribution is 2.33. The molecule has 1 aromatic carbocycles. The average molecular weight is 413 g/mol. The van der Waals surface area contributed by atoms with Gasteiger partial charge in [-0.2, -0.15) is 0 Å². The summed E-state index contributed by atoms with van der Waals surface area (Å²) in [7, 11) is 1.63. The molecular weight excluding hydrogens is 388 g/mol. The van der Waals surface area contributed by atoms with Gasteiger partial charge in [0.2, 0.25) is 0 Å². The van der Waals surface area contributed by atoms with Crippen LogP contribution < -0.4 is 15.4 Å². The van der Waals surface area contributed by atoms with Crippen LogP contribution in [0.2, 0.25) is 0 Å². The van der Waals surface area contributed by atoms with Crippen LogP contribution in [-0.4, -0.2) is 42.2 Å². The van der Waals surface area contributed by atoms with Crippen LogP contribution in [0.5, 0.6) is 5.75 Å².